The number of para-hydroxylation sites is 1. The van der Waals surface area contributed by atoms with Crippen molar-refractivity contribution in [3.05, 3.63) is 64.7 Å². The van der Waals surface area contributed by atoms with E-state index in [-0.39, 0.29) is 6.61 Å². The fraction of sp³-hybridized carbons (Fsp3) is 0.118. The molecule has 0 aliphatic carbocycles. The smallest absolute Gasteiger partial charge is 0.225 e. The van der Waals surface area contributed by atoms with Gasteiger partial charge in [-0.05, 0) is 36.8 Å². The summed E-state index contributed by atoms with van der Waals surface area (Å²) >= 11 is 6.18. The highest BCUT2D eigenvalue weighted by Crippen LogP contribution is 2.32. The average molecular weight is 300 g/mol. The molecule has 0 fully saturated rings. The van der Waals surface area contributed by atoms with E-state index >= 15 is 0 Å². The molecule has 106 valence electrons. The summed E-state index contributed by atoms with van der Waals surface area (Å²) in [6, 6.07) is 15.1. The van der Waals surface area contributed by atoms with E-state index in [0.717, 1.165) is 16.5 Å². The van der Waals surface area contributed by atoms with Gasteiger partial charge >= 0.3 is 0 Å². The molecule has 1 heterocycles. The third-order valence-corrected chi connectivity index (χ3v) is 3.52. The highest BCUT2D eigenvalue weighted by molar-refractivity contribution is 6.32. The van der Waals surface area contributed by atoms with Crippen molar-refractivity contribution in [3.8, 4) is 11.6 Å². The van der Waals surface area contributed by atoms with Crippen LogP contribution in [-0.2, 0) is 6.61 Å². The van der Waals surface area contributed by atoms with E-state index in [1.165, 1.54) is 0 Å². The fourth-order valence-electron chi connectivity index (χ4n) is 2.14. The van der Waals surface area contributed by atoms with Crippen molar-refractivity contribution in [2.45, 2.75) is 13.5 Å². The molecule has 0 unspecified atom stereocenters. The predicted octanol–water partition coefficient (Wildman–Crippen LogP) is 4.48. The van der Waals surface area contributed by atoms with E-state index in [1.807, 2.05) is 49.4 Å². The highest BCUT2D eigenvalue weighted by Gasteiger charge is 2.10. The first-order chi connectivity index (χ1) is 10.2. The SMILES string of the molecule is Cc1ccc(Oc2nc3ccccc3cc2CO)c(Cl)c1. The summed E-state index contributed by atoms with van der Waals surface area (Å²) in [4.78, 5) is 4.46. The van der Waals surface area contributed by atoms with Crippen LogP contribution in [0.1, 0.15) is 11.1 Å². The van der Waals surface area contributed by atoms with Crippen molar-refractivity contribution in [3.63, 3.8) is 0 Å². The van der Waals surface area contributed by atoms with E-state index in [1.54, 1.807) is 6.07 Å². The second kappa shape index (κ2) is 5.72. The molecule has 0 saturated carbocycles. The fourth-order valence-corrected chi connectivity index (χ4v) is 2.41. The van der Waals surface area contributed by atoms with Gasteiger partial charge in [-0.2, -0.15) is 0 Å². The number of hydrogen-bond acceptors (Lipinski definition) is 3. The largest absolute Gasteiger partial charge is 0.437 e. The van der Waals surface area contributed by atoms with Gasteiger partial charge < -0.3 is 9.84 Å². The molecule has 1 aromatic heterocycles. The zero-order chi connectivity index (χ0) is 14.8. The Morgan fingerprint density at radius 2 is 1.95 bits per heavy atom. The third-order valence-electron chi connectivity index (χ3n) is 3.23. The van der Waals surface area contributed by atoms with E-state index in [9.17, 15) is 5.11 Å². The molecule has 1 N–H and O–H groups in total. The molecule has 0 bridgehead atoms. The summed E-state index contributed by atoms with van der Waals surface area (Å²) in [7, 11) is 0. The Balaban J connectivity index is 2.06. The number of halogens is 1. The molecule has 0 radical (unpaired) electrons. The maximum atomic E-state index is 9.52. The van der Waals surface area contributed by atoms with Gasteiger partial charge in [0, 0.05) is 10.9 Å². The van der Waals surface area contributed by atoms with Crippen molar-refractivity contribution in [2.24, 2.45) is 0 Å². The van der Waals surface area contributed by atoms with Crippen molar-refractivity contribution in [2.75, 3.05) is 0 Å². The van der Waals surface area contributed by atoms with Crippen LogP contribution in [0.2, 0.25) is 5.02 Å². The monoisotopic (exact) mass is 299 g/mol. The Bertz CT molecular complexity index is 802. The molecular formula is C17H14ClNO2. The highest BCUT2D eigenvalue weighted by atomic mass is 35.5. The number of hydrogen-bond donors (Lipinski definition) is 1. The number of ether oxygens (including phenoxy) is 1. The minimum absolute atomic E-state index is 0.142. The van der Waals surface area contributed by atoms with Crippen molar-refractivity contribution >= 4 is 22.5 Å². The van der Waals surface area contributed by atoms with Crippen LogP contribution in [0.25, 0.3) is 10.9 Å². The van der Waals surface area contributed by atoms with E-state index in [0.29, 0.717) is 22.2 Å². The van der Waals surface area contributed by atoms with E-state index in [4.69, 9.17) is 16.3 Å². The normalized spacial score (nSPS) is 10.8. The summed E-state index contributed by atoms with van der Waals surface area (Å²) in [5, 5.41) is 11.0. The number of benzene rings is 2. The summed E-state index contributed by atoms with van der Waals surface area (Å²) in [5.41, 5.74) is 2.50. The molecular weight excluding hydrogens is 286 g/mol. The van der Waals surface area contributed by atoms with Crippen LogP contribution in [0.5, 0.6) is 11.6 Å². The minimum atomic E-state index is -0.142. The quantitative estimate of drug-likeness (QED) is 0.775. The maximum absolute atomic E-state index is 9.52. The number of fused-ring (bicyclic) bond motifs is 1. The lowest BCUT2D eigenvalue weighted by Gasteiger charge is -2.11. The molecule has 0 aliphatic heterocycles. The van der Waals surface area contributed by atoms with Crippen LogP contribution in [0.4, 0.5) is 0 Å². The third kappa shape index (κ3) is 2.84. The van der Waals surface area contributed by atoms with Gasteiger partial charge in [-0.15, -0.1) is 0 Å². The van der Waals surface area contributed by atoms with Crippen LogP contribution in [0.15, 0.2) is 48.5 Å². The number of aliphatic hydroxyl groups is 1. The summed E-state index contributed by atoms with van der Waals surface area (Å²) in [6.07, 6.45) is 0. The molecule has 0 aliphatic rings. The number of rotatable bonds is 3. The summed E-state index contributed by atoms with van der Waals surface area (Å²) in [6.45, 7) is 1.82. The first-order valence-electron chi connectivity index (χ1n) is 6.61. The van der Waals surface area contributed by atoms with Gasteiger partial charge in [0.1, 0.15) is 5.75 Å². The first kappa shape index (κ1) is 13.9. The van der Waals surface area contributed by atoms with Gasteiger partial charge in [-0.25, -0.2) is 4.98 Å². The molecule has 21 heavy (non-hydrogen) atoms. The number of aliphatic hydroxyl groups excluding tert-OH is 1. The number of aryl methyl sites for hydroxylation is 1. The Hall–Kier alpha value is -2.10. The standard InChI is InChI=1S/C17H14ClNO2/c1-11-6-7-16(14(18)8-11)21-17-13(10-20)9-12-4-2-3-5-15(12)19-17/h2-9,20H,10H2,1H3. The Morgan fingerprint density at radius 3 is 2.71 bits per heavy atom. The van der Waals surface area contributed by atoms with Gasteiger partial charge in [0.25, 0.3) is 0 Å². The van der Waals surface area contributed by atoms with Gasteiger partial charge in [0.15, 0.2) is 0 Å². The van der Waals surface area contributed by atoms with Crippen molar-refractivity contribution < 1.29 is 9.84 Å². The molecule has 0 saturated heterocycles. The summed E-state index contributed by atoms with van der Waals surface area (Å²) < 4.78 is 5.79. The van der Waals surface area contributed by atoms with Crippen LogP contribution in [0.3, 0.4) is 0 Å². The van der Waals surface area contributed by atoms with E-state index < -0.39 is 0 Å². The molecule has 0 spiro atoms. The van der Waals surface area contributed by atoms with Crippen molar-refractivity contribution in [1.29, 1.82) is 0 Å². The first-order valence-corrected chi connectivity index (χ1v) is 6.98. The second-order valence-electron chi connectivity index (χ2n) is 4.84. The maximum Gasteiger partial charge on any atom is 0.225 e. The predicted molar refractivity (Wildman–Crippen MR) is 83.9 cm³/mol. The lowest BCUT2D eigenvalue weighted by atomic mass is 10.1. The lowest BCUT2D eigenvalue weighted by molar-refractivity contribution is 0.275. The molecule has 3 aromatic rings. The molecule has 3 nitrogen and oxygen atoms in total. The number of pyridine rings is 1. The Morgan fingerprint density at radius 1 is 1.14 bits per heavy atom. The zero-order valence-electron chi connectivity index (χ0n) is 11.5. The molecule has 0 amide bonds. The molecule has 3 rings (SSSR count). The topological polar surface area (TPSA) is 42.4 Å². The molecule has 4 heteroatoms. The van der Waals surface area contributed by atoms with Gasteiger partial charge in [-0.3, -0.25) is 0 Å². The average Bonchev–Trinajstić information content (AvgIpc) is 2.49. The number of aromatic nitrogens is 1. The molecule has 2 aromatic carbocycles. The van der Waals surface area contributed by atoms with Crippen LogP contribution < -0.4 is 4.74 Å². The number of nitrogens with zero attached hydrogens (tertiary/aromatic N) is 1. The van der Waals surface area contributed by atoms with Crippen LogP contribution in [-0.4, -0.2) is 10.1 Å². The van der Waals surface area contributed by atoms with Crippen LogP contribution >= 0.6 is 11.6 Å². The van der Waals surface area contributed by atoms with Gasteiger partial charge in [0.2, 0.25) is 5.88 Å². The Labute approximate surface area is 127 Å². The summed E-state index contributed by atoms with van der Waals surface area (Å²) in [5.74, 6) is 0.904. The van der Waals surface area contributed by atoms with Gasteiger partial charge in [-0.1, -0.05) is 35.9 Å². The minimum Gasteiger partial charge on any atom is -0.437 e. The van der Waals surface area contributed by atoms with E-state index in [2.05, 4.69) is 4.98 Å². The molecule has 0 atom stereocenters. The lowest BCUT2D eigenvalue weighted by Crippen LogP contribution is -1.96. The zero-order valence-corrected chi connectivity index (χ0v) is 12.3. The van der Waals surface area contributed by atoms with Crippen LogP contribution in [0, 0.1) is 6.92 Å². The van der Waals surface area contributed by atoms with Gasteiger partial charge in [0.05, 0.1) is 17.1 Å². The second-order valence-corrected chi connectivity index (χ2v) is 5.25. The Kier molecular flexibility index (Phi) is 3.78. The van der Waals surface area contributed by atoms with Crippen molar-refractivity contribution in [1.82, 2.24) is 4.98 Å².